The van der Waals surface area contributed by atoms with Gasteiger partial charge in [-0.1, -0.05) is 41.6 Å². The third-order valence-electron chi connectivity index (χ3n) is 6.29. The van der Waals surface area contributed by atoms with Crippen LogP contribution < -0.4 is 15.6 Å². The maximum atomic E-state index is 13.9. The predicted molar refractivity (Wildman–Crippen MR) is 147 cm³/mol. The molecular weight excluding hydrogens is 508 g/mol. The Bertz CT molecular complexity index is 1560. The van der Waals surface area contributed by atoms with Gasteiger partial charge in [0.1, 0.15) is 10.6 Å². The Kier molecular flexibility index (Phi) is 7.03. The van der Waals surface area contributed by atoms with E-state index in [0.29, 0.717) is 52.0 Å². The Morgan fingerprint density at radius 3 is 2.65 bits per heavy atom. The molecule has 5 rings (SSSR count). The van der Waals surface area contributed by atoms with Crippen LogP contribution in [0.4, 0.5) is 5.69 Å². The first kappa shape index (κ1) is 25.0. The van der Waals surface area contributed by atoms with Gasteiger partial charge in [0, 0.05) is 18.3 Å². The number of ether oxygens (including phenoxy) is 1. The highest BCUT2D eigenvalue weighted by molar-refractivity contribution is 7.99. The van der Waals surface area contributed by atoms with E-state index in [1.807, 2.05) is 43.3 Å². The molecule has 0 atom stereocenters. The molecule has 8 nitrogen and oxygen atoms in total. The second kappa shape index (κ2) is 10.4. The number of carbonyl (C=O) groups excluding carboxylic acids is 2. The van der Waals surface area contributed by atoms with Crippen molar-refractivity contribution in [3.63, 3.8) is 0 Å². The molecule has 190 valence electrons. The van der Waals surface area contributed by atoms with Crippen molar-refractivity contribution >= 4 is 50.8 Å². The summed E-state index contributed by atoms with van der Waals surface area (Å²) in [5.74, 6) is 0.415. The number of benzene rings is 2. The number of methoxy groups -OCH3 is 1. The molecule has 1 N–H and O–H groups in total. The van der Waals surface area contributed by atoms with Crippen LogP contribution in [0.15, 0.2) is 58.5 Å². The van der Waals surface area contributed by atoms with E-state index in [1.165, 1.54) is 23.1 Å². The van der Waals surface area contributed by atoms with Gasteiger partial charge in [-0.25, -0.2) is 4.98 Å². The van der Waals surface area contributed by atoms with E-state index in [-0.39, 0.29) is 23.1 Å². The summed E-state index contributed by atoms with van der Waals surface area (Å²) < 4.78 is 6.91. The van der Waals surface area contributed by atoms with Crippen LogP contribution >= 0.6 is 23.1 Å². The standard InChI is InChI=1S/C27H26N4O4S2/c1-16-8-10-18(11-9-16)31-26(34)24-19-12-13-30(17(2)32)14-22(19)37-25(24)29-27(31)36-15-23(33)28-20-6-4-5-7-21(20)35-3/h4-11H,12-15H2,1-3H3,(H,28,33). The zero-order chi connectivity index (χ0) is 26.1. The highest BCUT2D eigenvalue weighted by atomic mass is 32.2. The fourth-order valence-corrected chi connectivity index (χ4v) is 6.46. The molecule has 0 spiro atoms. The van der Waals surface area contributed by atoms with Gasteiger partial charge in [0.25, 0.3) is 5.56 Å². The third kappa shape index (κ3) is 4.99. The summed E-state index contributed by atoms with van der Waals surface area (Å²) in [6.45, 7) is 4.62. The number of nitrogens with one attached hydrogen (secondary N) is 1. The quantitative estimate of drug-likeness (QED) is 0.291. The number of hydrogen-bond acceptors (Lipinski definition) is 7. The van der Waals surface area contributed by atoms with Gasteiger partial charge in [0.15, 0.2) is 5.16 Å². The van der Waals surface area contributed by atoms with Crippen molar-refractivity contribution in [2.45, 2.75) is 32.0 Å². The molecule has 10 heteroatoms. The molecular formula is C27H26N4O4S2. The SMILES string of the molecule is COc1ccccc1NC(=O)CSc1nc2sc3c(c2c(=O)n1-c1ccc(C)cc1)CCN(C(C)=O)C3. The molecule has 2 aromatic carbocycles. The maximum absolute atomic E-state index is 13.9. The molecule has 3 heterocycles. The van der Waals surface area contributed by atoms with Gasteiger partial charge in [-0.2, -0.15) is 0 Å². The summed E-state index contributed by atoms with van der Waals surface area (Å²) in [5.41, 5.74) is 3.17. The van der Waals surface area contributed by atoms with E-state index in [4.69, 9.17) is 9.72 Å². The third-order valence-corrected chi connectivity index (χ3v) is 8.34. The van der Waals surface area contributed by atoms with Crippen LogP contribution in [-0.2, 0) is 22.6 Å². The molecule has 1 aliphatic rings. The molecule has 0 saturated heterocycles. The lowest BCUT2D eigenvalue weighted by Crippen LogP contribution is -2.34. The van der Waals surface area contributed by atoms with Crippen molar-refractivity contribution in [2.24, 2.45) is 0 Å². The number of nitrogens with zero attached hydrogens (tertiary/aromatic N) is 3. The van der Waals surface area contributed by atoms with Crippen LogP contribution in [0.3, 0.4) is 0 Å². The zero-order valence-electron chi connectivity index (χ0n) is 20.7. The fourth-order valence-electron chi connectivity index (χ4n) is 4.38. The molecule has 0 saturated carbocycles. The van der Waals surface area contributed by atoms with Gasteiger partial charge in [-0.05, 0) is 43.2 Å². The highest BCUT2D eigenvalue weighted by Crippen LogP contribution is 2.34. The molecule has 0 fully saturated rings. The van der Waals surface area contributed by atoms with Crippen LogP contribution in [0.1, 0.15) is 22.9 Å². The minimum absolute atomic E-state index is 0.0189. The second-order valence-corrected chi connectivity index (χ2v) is 10.8. The van der Waals surface area contributed by atoms with Gasteiger partial charge in [-0.3, -0.25) is 19.0 Å². The number of anilines is 1. The first-order valence-electron chi connectivity index (χ1n) is 11.8. The van der Waals surface area contributed by atoms with E-state index in [9.17, 15) is 14.4 Å². The number of thiophene rings is 1. The minimum atomic E-state index is -0.234. The summed E-state index contributed by atoms with van der Waals surface area (Å²) in [4.78, 5) is 46.9. The normalized spacial score (nSPS) is 12.9. The Morgan fingerprint density at radius 2 is 1.92 bits per heavy atom. The van der Waals surface area contributed by atoms with Crippen LogP contribution in [-0.4, -0.2) is 45.7 Å². The van der Waals surface area contributed by atoms with Crippen molar-refractivity contribution in [3.8, 4) is 11.4 Å². The Labute approximate surface area is 222 Å². The molecule has 2 amide bonds. The molecule has 2 aromatic heterocycles. The van der Waals surface area contributed by atoms with Crippen molar-refractivity contribution < 1.29 is 14.3 Å². The van der Waals surface area contributed by atoms with Gasteiger partial charge in [0.2, 0.25) is 11.8 Å². The van der Waals surface area contributed by atoms with E-state index in [1.54, 1.807) is 35.6 Å². The number of amides is 2. The fraction of sp³-hybridized carbons (Fsp3) is 0.259. The topological polar surface area (TPSA) is 93.5 Å². The number of rotatable bonds is 6. The van der Waals surface area contributed by atoms with Crippen LogP contribution in [0, 0.1) is 6.92 Å². The molecule has 1 aliphatic heterocycles. The Hall–Kier alpha value is -3.63. The number of fused-ring (bicyclic) bond motifs is 3. The van der Waals surface area contributed by atoms with E-state index >= 15 is 0 Å². The summed E-state index contributed by atoms with van der Waals surface area (Å²) in [6.07, 6.45) is 0.619. The lowest BCUT2D eigenvalue weighted by molar-refractivity contribution is -0.129. The lowest BCUT2D eigenvalue weighted by Gasteiger charge is -2.25. The van der Waals surface area contributed by atoms with Crippen LogP contribution in [0.25, 0.3) is 15.9 Å². The number of thioether (sulfide) groups is 1. The van der Waals surface area contributed by atoms with Crippen molar-refractivity contribution in [1.82, 2.24) is 14.5 Å². The molecule has 4 aromatic rings. The molecule has 0 radical (unpaired) electrons. The molecule has 0 aliphatic carbocycles. The van der Waals surface area contributed by atoms with Crippen molar-refractivity contribution in [2.75, 3.05) is 24.7 Å². The van der Waals surface area contributed by atoms with Gasteiger partial charge >= 0.3 is 0 Å². The van der Waals surface area contributed by atoms with E-state index in [0.717, 1.165) is 16.0 Å². The number of aromatic nitrogens is 2. The first-order valence-corrected chi connectivity index (χ1v) is 13.6. The average molecular weight is 535 g/mol. The lowest BCUT2D eigenvalue weighted by atomic mass is 10.1. The van der Waals surface area contributed by atoms with Gasteiger partial charge < -0.3 is 15.0 Å². The van der Waals surface area contributed by atoms with Crippen molar-refractivity contribution in [3.05, 3.63) is 74.9 Å². The number of para-hydroxylation sites is 2. The van der Waals surface area contributed by atoms with Gasteiger partial charge in [-0.15, -0.1) is 11.3 Å². The maximum Gasteiger partial charge on any atom is 0.267 e. The van der Waals surface area contributed by atoms with E-state index < -0.39 is 0 Å². The van der Waals surface area contributed by atoms with Crippen LogP contribution in [0.5, 0.6) is 5.75 Å². The summed E-state index contributed by atoms with van der Waals surface area (Å²) in [5, 5.41) is 3.92. The van der Waals surface area contributed by atoms with Crippen LogP contribution in [0.2, 0.25) is 0 Å². The summed E-state index contributed by atoms with van der Waals surface area (Å²) in [6, 6.07) is 14.9. The largest absolute Gasteiger partial charge is 0.495 e. The second-order valence-electron chi connectivity index (χ2n) is 8.78. The van der Waals surface area contributed by atoms with Gasteiger partial charge in [0.05, 0.1) is 36.2 Å². The number of hydrogen-bond donors (Lipinski definition) is 1. The van der Waals surface area contributed by atoms with E-state index in [2.05, 4.69) is 5.32 Å². The Balaban J connectivity index is 1.52. The molecule has 0 bridgehead atoms. The average Bonchev–Trinajstić information content (AvgIpc) is 3.26. The molecule has 0 unspecified atom stereocenters. The number of carbonyl (C=O) groups is 2. The molecule has 37 heavy (non-hydrogen) atoms. The Morgan fingerprint density at radius 1 is 1.16 bits per heavy atom. The summed E-state index contributed by atoms with van der Waals surface area (Å²) >= 11 is 2.66. The smallest absolute Gasteiger partial charge is 0.267 e. The number of aryl methyl sites for hydroxylation is 1. The van der Waals surface area contributed by atoms with Crippen molar-refractivity contribution in [1.29, 1.82) is 0 Å². The minimum Gasteiger partial charge on any atom is -0.495 e. The first-order chi connectivity index (χ1) is 17.9. The monoisotopic (exact) mass is 534 g/mol. The zero-order valence-corrected chi connectivity index (χ0v) is 22.4. The summed E-state index contributed by atoms with van der Waals surface area (Å²) in [7, 11) is 1.55. The highest BCUT2D eigenvalue weighted by Gasteiger charge is 2.26. The predicted octanol–water partition coefficient (Wildman–Crippen LogP) is 4.40.